The molecule has 0 fully saturated rings. The van der Waals surface area contributed by atoms with Crippen molar-refractivity contribution in [2.75, 3.05) is 5.32 Å². The van der Waals surface area contributed by atoms with E-state index in [1.54, 1.807) is 11.3 Å². The van der Waals surface area contributed by atoms with E-state index in [-0.39, 0.29) is 6.42 Å². The van der Waals surface area contributed by atoms with Crippen LogP contribution in [0, 0.1) is 0 Å². The van der Waals surface area contributed by atoms with Gasteiger partial charge in [0.1, 0.15) is 5.82 Å². The SMILES string of the molecule is CCCc1nc(-c2ccsc2)nc(Nc2ccc(CC(=O)O)cc2)c1CC. The van der Waals surface area contributed by atoms with Gasteiger partial charge in [0.05, 0.1) is 6.42 Å². The van der Waals surface area contributed by atoms with Crippen molar-refractivity contribution in [2.24, 2.45) is 0 Å². The summed E-state index contributed by atoms with van der Waals surface area (Å²) in [5, 5.41) is 16.4. The summed E-state index contributed by atoms with van der Waals surface area (Å²) in [6.07, 6.45) is 2.81. The molecule has 0 bridgehead atoms. The summed E-state index contributed by atoms with van der Waals surface area (Å²) < 4.78 is 0. The number of aryl methyl sites for hydroxylation is 1. The van der Waals surface area contributed by atoms with E-state index in [0.29, 0.717) is 0 Å². The molecule has 0 aliphatic heterocycles. The highest BCUT2D eigenvalue weighted by atomic mass is 32.1. The van der Waals surface area contributed by atoms with Gasteiger partial charge in [0, 0.05) is 27.9 Å². The Morgan fingerprint density at radius 2 is 1.93 bits per heavy atom. The molecule has 1 aromatic carbocycles. The second-order valence-electron chi connectivity index (χ2n) is 6.33. The molecule has 0 aliphatic carbocycles. The summed E-state index contributed by atoms with van der Waals surface area (Å²) in [5.74, 6) is 0.731. The number of anilines is 2. The minimum absolute atomic E-state index is 0.0248. The minimum Gasteiger partial charge on any atom is -0.481 e. The highest BCUT2D eigenvalue weighted by molar-refractivity contribution is 7.08. The average molecular weight is 382 g/mol. The number of nitrogens with one attached hydrogen (secondary N) is 1. The van der Waals surface area contributed by atoms with Gasteiger partial charge in [-0.15, -0.1) is 0 Å². The Morgan fingerprint density at radius 3 is 2.52 bits per heavy atom. The van der Waals surface area contributed by atoms with Crippen LogP contribution in [0.25, 0.3) is 11.4 Å². The number of nitrogens with zero attached hydrogens (tertiary/aromatic N) is 2. The number of carboxylic acids is 1. The number of aromatic nitrogens is 2. The van der Waals surface area contributed by atoms with Crippen LogP contribution >= 0.6 is 11.3 Å². The molecule has 2 aromatic heterocycles. The molecule has 6 heteroatoms. The summed E-state index contributed by atoms with van der Waals surface area (Å²) in [5.41, 5.74) is 4.90. The number of aliphatic carboxylic acids is 1. The van der Waals surface area contributed by atoms with Gasteiger partial charge in [-0.05, 0) is 42.0 Å². The third-order valence-corrected chi connectivity index (χ3v) is 4.97. The highest BCUT2D eigenvalue weighted by Gasteiger charge is 2.14. The van der Waals surface area contributed by atoms with Gasteiger partial charge < -0.3 is 10.4 Å². The third-order valence-electron chi connectivity index (χ3n) is 4.28. The summed E-state index contributed by atoms with van der Waals surface area (Å²) >= 11 is 1.63. The summed E-state index contributed by atoms with van der Waals surface area (Å²) in [4.78, 5) is 20.4. The number of rotatable bonds is 8. The molecule has 0 saturated carbocycles. The first-order valence-corrected chi connectivity index (χ1v) is 10.0. The zero-order valence-electron chi connectivity index (χ0n) is 15.5. The van der Waals surface area contributed by atoms with Crippen molar-refractivity contribution >= 4 is 28.8 Å². The maximum absolute atomic E-state index is 10.8. The van der Waals surface area contributed by atoms with Crippen LogP contribution in [0.15, 0.2) is 41.1 Å². The highest BCUT2D eigenvalue weighted by Crippen LogP contribution is 2.27. The van der Waals surface area contributed by atoms with E-state index < -0.39 is 5.97 Å². The molecule has 27 heavy (non-hydrogen) atoms. The molecule has 0 spiro atoms. The van der Waals surface area contributed by atoms with E-state index in [4.69, 9.17) is 15.1 Å². The van der Waals surface area contributed by atoms with E-state index in [2.05, 4.69) is 24.5 Å². The minimum atomic E-state index is -0.829. The van der Waals surface area contributed by atoms with Crippen molar-refractivity contribution in [1.82, 2.24) is 9.97 Å². The lowest BCUT2D eigenvalue weighted by Gasteiger charge is -2.15. The molecule has 0 unspecified atom stereocenters. The van der Waals surface area contributed by atoms with Crippen LogP contribution in [-0.4, -0.2) is 21.0 Å². The van der Waals surface area contributed by atoms with Crippen molar-refractivity contribution in [3.05, 3.63) is 57.9 Å². The fourth-order valence-corrected chi connectivity index (χ4v) is 3.62. The Labute approximate surface area is 163 Å². The van der Waals surface area contributed by atoms with Crippen LogP contribution in [0.4, 0.5) is 11.5 Å². The van der Waals surface area contributed by atoms with Gasteiger partial charge in [-0.3, -0.25) is 4.79 Å². The van der Waals surface area contributed by atoms with Crippen LogP contribution in [0.3, 0.4) is 0 Å². The molecule has 0 amide bonds. The van der Waals surface area contributed by atoms with Crippen LogP contribution in [-0.2, 0) is 24.1 Å². The van der Waals surface area contributed by atoms with Gasteiger partial charge in [0.2, 0.25) is 0 Å². The molecule has 5 nitrogen and oxygen atoms in total. The quantitative estimate of drug-likeness (QED) is 0.568. The fraction of sp³-hybridized carbons (Fsp3) is 0.286. The monoisotopic (exact) mass is 381 g/mol. The maximum Gasteiger partial charge on any atom is 0.307 e. The second-order valence-corrected chi connectivity index (χ2v) is 7.11. The number of carboxylic acid groups (broad SMARTS) is 1. The number of hydrogen-bond donors (Lipinski definition) is 2. The molecule has 2 N–H and O–H groups in total. The van der Waals surface area contributed by atoms with Gasteiger partial charge in [-0.2, -0.15) is 11.3 Å². The van der Waals surface area contributed by atoms with Crippen molar-refractivity contribution in [3.63, 3.8) is 0 Å². The van der Waals surface area contributed by atoms with E-state index in [0.717, 1.165) is 59.0 Å². The molecule has 3 aromatic rings. The van der Waals surface area contributed by atoms with E-state index in [1.165, 1.54) is 0 Å². The predicted octanol–water partition coefficient (Wildman–Crippen LogP) is 5.09. The lowest BCUT2D eigenvalue weighted by atomic mass is 10.1. The van der Waals surface area contributed by atoms with Gasteiger partial charge in [-0.1, -0.05) is 32.4 Å². The first-order valence-electron chi connectivity index (χ1n) is 9.10. The Kier molecular flexibility index (Phi) is 6.19. The van der Waals surface area contributed by atoms with E-state index in [9.17, 15) is 4.79 Å². The van der Waals surface area contributed by atoms with Crippen LogP contribution in [0.5, 0.6) is 0 Å². The first kappa shape index (κ1) is 19.0. The number of carbonyl (C=O) groups is 1. The predicted molar refractivity (Wildman–Crippen MR) is 110 cm³/mol. The van der Waals surface area contributed by atoms with Crippen LogP contribution in [0.2, 0.25) is 0 Å². The number of thiophene rings is 1. The van der Waals surface area contributed by atoms with Gasteiger partial charge in [-0.25, -0.2) is 9.97 Å². The zero-order chi connectivity index (χ0) is 19.2. The number of hydrogen-bond acceptors (Lipinski definition) is 5. The van der Waals surface area contributed by atoms with E-state index >= 15 is 0 Å². The normalized spacial score (nSPS) is 10.7. The zero-order valence-corrected chi connectivity index (χ0v) is 16.3. The molecule has 0 atom stereocenters. The van der Waals surface area contributed by atoms with Gasteiger partial charge in [0.15, 0.2) is 5.82 Å². The third kappa shape index (κ3) is 4.71. The molecular weight excluding hydrogens is 358 g/mol. The van der Waals surface area contributed by atoms with Crippen LogP contribution in [0.1, 0.15) is 37.1 Å². The number of benzene rings is 1. The first-order chi connectivity index (χ1) is 13.1. The van der Waals surface area contributed by atoms with Crippen molar-refractivity contribution in [1.29, 1.82) is 0 Å². The maximum atomic E-state index is 10.8. The summed E-state index contributed by atoms with van der Waals surface area (Å²) in [6.45, 7) is 4.27. The van der Waals surface area contributed by atoms with Gasteiger partial charge in [0.25, 0.3) is 0 Å². The molecular formula is C21H23N3O2S. The lowest BCUT2D eigenvalue weighted by molar-refractivity contribution is -0.136. The van der Waals surface area contributed by atoms with Crippen LogP contribution < -0.4 is 5.32 Å². The standard InChI is InChI=1S/C21H23N3O2S/c1-3-5-18-17(4-2)21(24-20(23-18)15-10-11-27-13-15)22-16-8-6-14(7-9-16)12-19(25)26/h6-11,13H,3-5,12H2,1-2H3,(H,25,26)(H,22,23,24). The van der Waals surface area contributed by atoms with Crippen molar-refractivity contribution in [3.8, 4) is 11.4 Å². The van der Waals surface area contributed by atoms with Crippen molar-refractivity contribution < 1.29 is 9.90 Å². The van der Waals surface area contributed by atoms with Crippen molar-refractivity contribution in [2.45, 2.75) is 39.5 Å². The van der Waals surface area contributed by atoms with E-state index in [1.807, 2.05) is 35.7 Å². The molecule has 0 radical (unpaired) electrons. The largest absolute Gasteiger partial charge is 0.481 e. The Morgan fingerprint density at radius 1 is 1.15 bits per heavy atom. The fourth-order valence-electron chi connectivity index (χ4n) is 2.99. The Balaban J connectivity index is 1.96. The van der Waals surface area contributed by atoms with Gasteiger partial charge >= 0.3 is 5.97 Å². The Hall–Kier alpha value is -2.73. The smallest absolute Gasteiger partial charge is 0.307 e. The molecule has 0 saturated heterocycles. The molecule has 2 heterocycles. The second kappa shape index (κ2) is 8.77. The Bertz CT molecular complexity index is 906. The molecule has 3 rings (SSSR count). The molecule has 0 aliphatic rings. The summed E-state index contributed by atoms with van der Waals surface area (Å²) in [7, 11) is 0. The summed E-state index contributed by atoms with van der Waals surface area (Å²) in [6, 6.07) is 9.48. The lowest BCUT2D eigenvalue weighted by Crippen LogP contribution is -2.07. The topological polar surface area (TPSA) is 75.1 Å². The molecule has 140 valence electrons. The average Bonchev–Trinajstić information content (AvgIpc) is 3.18.